The van der Waals surface area contributed by atoms with Crippen LogP contribution < -0.4 is 4.74 Å². The van der Waals surface area contributed by atoms with Crippen molar-refractivity contribution in [1.82, 2.24) is 19.8 Å². The van der Waals surface area contributed by atoms with E-state index in [2.05, 4.69) is 76.2 Å². The molecule has 2 aromatic heterocycles. The van der Waals surface area contributed by atoms with Crippen molar-refractivity contribution in [2.24, 2.45) is 23.2 Å². The van der Waals surface area contributed by atoms with Crippen molar-refractivity contribution < 1.29 is 28.9 Å². The van der Waals surface area contributed by atoms with Crippen molar-refractivity contribution in [2.75, 3.05) is 54.6 Å². The molecule has 1 unspecified atom stereocenters. The van der Waals surface area contributed by atoms with Gasteiger partial charge in [0.25, 0.3) is 0 Å². The summed E-state index contributed by atoms with van der Waals surface area (Å²) in [5.41, 5.74) is 6.70. The van der Waals surface area contributed by atoms with Gasteiger partial charge >= 0.3 is 11.9 Å². The number of carbonyl (C=O) groups excluding carboxylic acids is 2. The van der Waals surface area contributed by atoms with E-state index < -0.39 is 10.8 Å². The Bertz CT molecular complexity index is 2190. The van der Waals surface area contributed by atoms with Crippen molar-refractivity contribution in [3.8, 4) is 5.75 Å². The van der Waals surface area contributed by atoms with Crippen LogP contribution in [0.2, 0.25) is 0 Å². The van der Waals surface area contributed by atoms with E-state index in [1.165, 1.54) is 12.7 Å². The predicted molar refractivity (Wildman–Crippen MR) is 208 cm³/mol. The highest BCUT2D eigenvalue weighted by molar-refractivity contribution is 5.93. The normalized spacial score (nSPS) is 33.8. The largest absolute Gasteiger partial charge is 0.496 e. The predicted octanol–water partition coefficient (Wildman–Crippen LogP) is 5.85. The monoisotopic (exact) mass is 734 g/mol. The molecule has 0 amide bonds. The second-order valence-corrected chi connectivity index (χ2v) is 16.8. The number of para-hydroxylation sites is 1. The molecular weight excluding hydrogens is 681 g/mol. The van der Waals surface area contributed by atoms with Gasteiger partial charge in [0.2, 0.25) is 0 Å². The minimum atomic E-state index is -1.17. The van der Waals surface area contributed by atoms with Crippen LogP contribution in [0.5, 0.6) is 5.75 Å². The molecule has 0 radical (unpaired) electrons. The molecule has 2 aromatic carbocycles. The number of hydrogen-bond donors (Lipinski definition) is 3. The second kappa shape index (κ2) is 13.0. The van der Waals surface area contributed by atoms with Crippen LogP contribution in [0.15, 0.2) is 48.0 Å². The maximum atomic E-state index is 14.3. The molecule has 9 atom stereocenters. The Morgan fingerprint density at radius 1 is 1.02 bits per heavy atom. The molecule has 286 valence electrons. The first kappa shape index (κ1) is 35.6. The van der Waals surface area contributed by atoms with E-state index in [9.17, 15) is 14.7 Å². The van der Waals surface area contributed by atoms with E-state index >= 15 is 0 Å². The fraction of sp³-hybridized carbons (Fsp3) is 0.545. The van der Waals surface area contributed by atoms with Gasteiger partial charge in [0.1, 0.15) is 16.6 Å². The summed E-state index contributed by atoms with van der Waals surface area (Å²) in [7, 11) is 6.76. The number of aliphatic hydroxyl groups is 1. The highest BCUT2D eigenvalue weighted by atomic mass is 16.5. The number of likely N-dealkylation sites (tertiary alicyclic amines) is 1. The van der Waals surface area contributed by atoms with Gasteiger partial charge in [-0.3, -0.25) is 19.4 Å². The van der Waals surface area contributed by atoms with E-state index in [4.69, 9.17) is 14.2 Å². The summed E-state index contributed by atoms with van der Waals surface area (Å²) in [6.45, 7) is 6.60. The Hall–Kier alpha value is -4.12. The zero-order chi connectivity index (χ0) is 37.7. The number of aromatic amines is 2. The van der Waals surface area contributed by atoms with Crippen LogP contribution in [0, 0.1) is 23.2 Å². The molecule has 54 heavy (non-hydrogen) atoms. The van der Waals surface area contributed by atoms with Crippen LogP contribution >= 0.6 is 0 Å². The van der Waals surface area contributed by atoms with Crippen LogP contribution in [-0.2, 0) is 37.3 Å². The number of esters is 2. The highest BCUT2D eigenvalue weighted by Crippen LogP contribution is 2.57. The van der Waals surface area contributed by atoms with E-state index in [0.29, 0.717) is 31.2 Å². The number of rotatable bonds is 6. The molecular formula is C44H54N4O6. The fourth-order valence-corrected chi connectivity index (χ4v) is 12.6. The second-order valence-electron chi connectivity index (χ2n) is 16.8. The van der Waals surface area contributed by atoms with Crippen molar-refractivity contribution in [3.63, 3.8) is 0 Å². The summed E-state index contributed by atoms with van der Waals surface area (Å²) in [4.78, 5) is 41.0. The molecule has 6 heterocycles. The summed E-state index contributed by atoms with van der Waals surface area (Å²) in [6.07, 6.45) is 7.07. The van der Waals surface area contributed by atoms with Gasteiger partial charge in [-0.1, -0.05) is 43.2 Å². The average Bonchev–Trinajstić information content (AvgIpc) is 3.72. The smallest absolute Gasteiger partial charge is 0.319 e. The zero-order valence-corrected chi connectivity index (χ0v) is 32.5. The van der Waals surface area contributed by atoms with Gasteiger partial charge in [0, 0.05) is 88.4 Å². The molecule has 2 aliphatic carbocycles. The maximum Gasteiger partial charge on any atom is 0.319 e. The summed E-state index contributed by atoms with van der Waals surface area (Å²) in [5, 5.41) is 13.7. The Balaban J connectivity index is 1.30. The first-order valence-corrected chi connectivity index (χ1v) is 19.9. The van der Waals surface area contributed by atoms with Gasteiger partial charge in [-0.25, -0.2) is 0 Å². The number of ether oxygens (including phenoxy) is 3. The minimum Gasteiger partial charge on any atom is -0.496 e. The van der Waals surface area contributed by atoms with Crippen molar-refractivity contribution in [1.29, 1.82) is 0 Å². The first-order chi connectivity index (χ1) is 26.2. The molecule has 10 rings (SSSR count). The Kier molecular flexibility index (Phi) is 8.56. The first-order valence-electron chi connectivity index (χ1n) is 19.9. The standard InChI is InChI=1S/C44H54N4O6/c1-7-25-15-24-20-43(41(50)53-5)39-28(13-14-48(21-24)40(25)43)29-16-30(36(52-4)19-35(29)46-39)31-17-33-26(8-2)22-47(3)37(44(33,23-49)42(51)54-6)18-32-27-11-9-10-12-34(27)45-38(31)32/h8-12,16,19,24-25,31,33,37,40,45-46,49H,7,13-15,17-18,20-23H2,1-6H3/b26-8-/t24-,25+,31+,33-,37+,40-,43+,44+/m1/s1. The number of H-pyrrole nitrogens is 2. The van der Waals surface area contributed by atoms with Crippen LogP contribution in [0.25, 0.3) is 21.8 Å². The lowest BCUT2D eigenvalue weighted by Gasteiger charge is -2.57. The maximum absolute atomic E-state index is 14.3. The van der Waals surface area contributed by atoms with E-state index in [-0.39, 0.29) is 42.5 Å². The van der Waals surface area contributed by atoms with Crippen molar-refractivity contribution in [3.05, 3.63) is 76.1 Å². The van der Waals surface area contributed by atoms with Crippen LogP contribution in [0.3, 0.4) is 0 Å². The molecule has 3 N–H and O–H groups in total. The molecule has 10 nitrogen and oxygen atoms in total. The summed E-state index contributed by atoms with van der Waals surface area (Å²) in [6, 6.07) is 12.6. The van der Waals surface area contributed by atoms with Gasteiger partial charge in [0.05, 0.1) is 27.9 Å². The number of aliphatic hydroxyl groups excluding tert-OH is 1. The number of piperidine rings is 3. The number of allylic oxidation sites excluding steroid dienone is 1. The number of hydrogen-bond acceptors (Lipinski definition) is 8. The van der Waals surface area contributed by atoms with Gasteiger partial charge in [-0.2, -0.15) is 0 Å². The number of fused-ring (bicyclic) bond motifs is 9. The van der Waals surface area contributed by atoms with Gasteiger partial charge in [-0.15, -0.1) is 0 Å². The molecule has 6 bridgehead atoms. The van der Waals surface area contributed by atoms with Gasteiger partial charge < -0.3 is 29.3 Å². The highest BCUT2D eigenvalue weighted by Gasteiger charge is 2.63. The number of aromatic nitrogens is 2. The van der Waals surface area contributed by atoms with Crippen molar-refractivity contribution >= 4 is 33.7 Å². The number of methoxy groups -OCH3 is 3. The summed E-state index contributed by atoms with van der Waals surface area (Å²) < 4.78 is 17.6. The van der Waals surface area contributed by atoms with Crippen molar-refractivity contribution in [2.45, 2.75) is 75.8 Å². The van der Waals surface area contributed by atoms with E-state index in [0.717, 1.165) is 94.4 Å². The quantitative estimate of drug-likeness (QED) is 0.167. The molecule has 4 aliphatic heterocycles. The fourth-order valence-electron chi connectivity index (χ4n) is 12.6. The molecule has 1 saturated carbocycles. The third-order valence-electron chi connectivity index (χ3n) is 14.8. The zero-order valence-electron chi connectivity index (χ0n) is 32.5. The average molecular weight is 735 g/mol. The molecule has 4 aromatic rings. The van der Waals surface area contributed by atoms with Crippen LogP contribution in [0.4, 0.5) is 0 Å². The SMILES string of the molecule is C/C=C1/CN(C)[C@H]2Cc3c([nH]c4ccccc34)[C@H](c3cc4c5c([nH]c4cc3OC)[C@@]3(C(=O)OC)C[C@H]4C[C@H](CC)[C@H]3N(CC5)C4)C[C@H]1[C@]2(CO)C(=O)OC. The lowest BCUT2D eigenvalue weighted by molar-refractivity contribution is -0.169. The van der Waals surface area contributed by atoms with E-state index in [1.54, 1.807) is 14.2 Å². The number of nitrogens with zero attached hydrogens (tertiary/aromatic N) is 2. The number of benzene rings is 2. The van der Waals surface area contributed by atoms with Crippen LogP contribution in [-0.4, -0.2) is 104 Å². The topological polar surface area (TPSA) is 120 Å². The van der Waals surface area contributed by atoms with Gasteiger partial charge in [0.15, 0.2) is 0 Å². The van der Waals surface area contributed by atoms with E-state index in [1.807, 2.05) is 6.92 Å². The number of likely N-dealkylation sites (N-methyl/N-ethyl adjacent to an activating group) is 1. The third kappa shape index (κ3) is 4.68. The molecule has 6 aliphatic rings. The van der Waals surface area contributed by atoms with Crippen LogP contribution in [0.1, 0.15) is 73.5 Å². The molecule has 10 heteroatoms. The molecule has 4 fully saturated rings. The lowest BCUT2D eigenvalue weighted by Crippen LogP contribution is -2.67. The minimum absolute atomic E-state index is 0.0942. The van der Waals surface area contributed by atoms with Gasteiger partial charge in [-0.05, 0) is 81.2 Å². The Labute approximate surface area is 317 Å². The molecule has 3 saturated heterocycles. The number of carbonyl (C=O) groups is 2. The lowest BCUT2D eigenvalue weighted by atomic mass is 9.56. The summed E-state index contributed by atoms with van der Waals surface area (Å²) in [5.74, 6) is 0.613. The Morgan fingerprint density at radius 2 is 1.81 bits per heavy atom. The number of nitrogens with one attached hydrogen (secondary N) is 2. The third-order valence-corrected chi connectivity index (χ3v) is 14.8. The summed E-state index contributed by atoms with van der Waals surface area (Å²) >= 11 is 0. The Morgan fingerprint density at radius 3 is 2.54 bits per heavy atom. The molecule has 0 spiro atoms.